The standard InChI is InChI=1S/C20H26FN3O2.HI/c1-4-22-20(23-12-15-6-5-7-18(11-15)26-3)24-13-16-8-9-19(21)17(10-16)14-25-2;/h5-11H,4,12-14H2,1-3H3,(H2,22,23,24);1H. The third-order valence-corrected chi connectivity index (χ3v) is 3.77. The Hall–Kier alpha value is -1.87. The number of guanidine groups is 1. The van der Waals surface area contributed by atoms with E-state index in [4.69, 9.17) is 9.47 Å². The molecule has 2 aromatic carbocycles. The number of methoxy groups -OCH3 is 2. The van der Waals surface area contributed by atoms with E-state index >= 15 is 0 Å². The second-order valence-electron chi connectivity index (χ2n) is 5.76. The Labute approximate surface area is 177 Å². The fourth-order valence-electron chi connectivity index (χ4n) is 2.47. The maximum Gasteiger partial charge on any atom is 0.191 e. The first-order valence-electron chi connectivity index (χ1n) is 8.57. The molecule has 0 amide bonds. The predicted octanol–water partition coefficient (Wildman–Crippen LogP) is 3.85. The molecule has 7 heteroatoms. The van der Waals surface area contributed by atoms with Crippen LogP contribution < -0.4 is 15.4 Å². The third-order valence-electron chi connectivity index (χ3n) is 3.77. The van der Waals surface area contributed by atoms with Gasteiger partial charge < -0.3 is 20.1 Å². The molecule has 2 aromatic rings. The molecule has 2 N–H and O–H groups in total. The normalized spacial score (nSPS) is 10.9. The van der Waals surface area contributed by atoms with E-state index < -0.39 is 0 Å². The minimum Gasteiger partial charge on any atom is -0.497 e. The van der Waals surface area contributed by atoms with Crippen LogP contribution in [0.1, 0.15) is 23.6 Å². The van der Waals surface area contributed by atoms with Crippen molar-refractivity contribution in [3.63, 3.8) is 0 Å². The lowest BCUT2D eigenvalue weighted by atomic mass is 10.1. The summed E-state index contributed by atoms with van der Waals surface area (Å²) in [6, 6.07) is 12.8. The highest BCUT2D eigenvalue weighted by molar-refractivity contribution is 14.0. The van der Waals surface area contributed by atoms with Gasteiger partial charge in [0.1, 0.15) is 11.6 Å². The van der Waals surface area contributed by atoms with E-state index in [1.54, 1.807) is 26.4 Å². The Morgan fingerprint density at radius 2 is 1.89 bits per heavy atom. The largest absolute Gasteiger partial charge is 0.497 e. The Kier molecular flexibility index (Phi) is 10.7. The number of aliphatic imine (C=N–C) groups is 1. The van der Waals surface area contributed by atoms with Crippen LogP contribution in [0.4, 0.5) is 4.39 Å². The van der Waals surface area contributed by atoms with Crippen molar-refractivity contribution in [1.82, 2.24) is 10.6 Å². The summed E-state index contributed by atoms with van der Waals surface area (Å²) in [7, 11) is 3.20. The number of nitrogens with one attached hydrogen (secondary N) is 2. The topological polar surface area (TPSA) is 54.9 Å². The minimum absolute atomic E-state index is 0. The molecule has 0 fully saturated rings. The number of ether oxygens (including phenoxy) is 2. The molecule has 0 atom stereocenters. The van der Waals surface area contributed by atoms with Crippen LogP contribution in [0.2, 0.25) is 0 Å². The molecule has 0 radical (unpaired) electrons. The summed E-state index contributed by atoms with van der Waals surface area (Å²) in [5.41, 5.74) is 2.57. The van der Waals surface area contributed by atoms with Crippen LogP contribution in [-0.4, -0.2) is 26.7 Å². The van der Waals surface area contributed by atoms with Crippen molar-refractivity contribution >= 4 is 29.9 Å². The molecule has 0 bridgehead atoms. The van der Waals surface area contributed by atoms with Crippen molar-refractivity contribution in [3.05, 3.63) is 65.0 Å². The highest BCUT2D eigenvalue weighted by Crippen LogP contribution is 2.13. The lowest BCUT2D eigenvalue weighted by molar-refractivity contribution is 0.181. The van der Waals surface area contributed by atoms with E-state index in [2.05, 4.69) is 15.6 Å². The summed E-state index contributed by atoms with van der Waals surface area (Å²) in [6.07, 6.45) is 0. The molecule has 27 heavy (non-hydrogen) atoms. The fraction of sp³-hybridized carbons (Fsp3) is 0.350. The summed E-state index contributed by atoms with van der Waals surface area (Å²) in [6.45, 7) is 4.09. The second kappa shape index (κ2) is 12.5. The maximum atomic E-state index is 13.7. The highest BCUT2D eigenvalue weighted by Gasteiger charge is 2.05. The van der Waals surface area contributed by atoms with Crippen molar-refractivity contribution in [2.75, 3.05) is 20.8 Å². The van der Waals surface area contributed by atoms with Crippen molar-refractivity contribution < 1.29 is 13.9 Å². The van der Waals surface area contributed by atoms with E-state index in [0.29, 0.717) is 24.6 Å². The lowest BCUT2D eigenvalue weighted by Crippen LogP contribution is -2.36. The van der Waals surface area contributed by atoms with Gasteiger partial charge in [-0.3, -0.25) is 0 Å². The monoisotopic (exact) mass is 487 g/mol. The number of benzene rings is 2. The lowest BCUT2D eigenvalue weighted by Gasteiger charge is -2.12. The van der Waals surface area contributed by atoms with Crippen LogP contribution in [0.15, 0.2) is 47.5 Å². The van der Waals surface area contributed by atoms with Crippen molar-refractivity contribution in [2.24, 2.45) is 4.99 Å². The van der Waals surface area contributed by atoms with Gasteiger partial charge in [-0.15, -0.1) is 24.0 Å². The Morgan fingerprint density at radius 3 is 2.59 bits per heavy atom. The van der Waals surface area contributed by atoms with Crippen molar-refractivity contribution in [3.8, 4) is 5.75 Å². The molecule has 0 aliphatic rings. The molecule has 148 valence electrons. The summed E-state index contributed by atoms with van der Waals surface area (Å²) in [4.78, 5) is 4.59. The van der Waals surface area contributed by atoms with Crippen LogP contribution in [-0.2, 0) is 24.4 Å². The number of halogens is 2. The zero-order chi connectivity index (χ0) is 18.8. The summed E-state index contributed by atoms with van der Waals surface area (Å²) in [5.74, 6) is 1.26. The zero-order valence-electron chi connectivity index (χ0n) is 15.9. The molecular weight excluding hydrogens is 460 g/mol. The Morgan fingerprint density at radius 1 is 1.07 bits per heavy atom. The van der Waals surface area contributed by atoms with Gasteiger partial charge in [-0.2, -0.15) is 0 Å². The molecule has 0 aliphatic heterocycles. The average molecular weight is 487 g/mol. The van der Waals surface area contributed by atoms with Crippen LogP contribution in [0.5, 0.6) is 5.75 Å². The van der Waals surface area contributed by atoms with Crippen LogP contribution in [0.3, 0.4) is 0 Å². The Bertz CT molecular complexity index is 741. The van der Waals surface area contributed by atoms with E-state index in [0.717, 1.165) is 23.4 Å². The van der Waals surface area contributed by atoms with Crippen molar-refractivity contribution in [1.29, 1.82) is 0 Å². The second-order valence-corrected chi connectivity index (χ2v) is 5.76. The van der Waals surface area contributed by atoms with E-state index in [-0.39, 0.29) is 36.4 Å². The van der Waals surface area contributed by atoms with Crippen molar-refractivity contribution in [2.45, 2.75) is 26.6 Å². The van der Waals surface area contributed by atoms with Gasteiger partial charge in [0.05, 0.1) is 20.3 Å². The van der Waals surface area contributed by atoms with Gasteiger partial charge in [-0.1, -0.05) is 18.2 Å². The summed E-state index contributed by atoms with van der Waals surface area (Å²) < 4.78 is 24.0. The SMILES string of the molecule is CCNC(=NCc1cccc(OC)c1)NCc1ccc(F)c(COC)c1.I. The molecule has 0 heterocycles. The smallest absolute Gasteiger partial charge is 0.191 e. The molecule has 5 nitrogen and oxygen atoms in total. The van der Waals surface area contributed by atoms with E-state index in [1.165, 1.54) is 6.07 Å². The number of hydrogen-bond acceptors (Lipinski definition) is 3. The predicted molar refractivity (Wildman–Crippen MR) is 117 cm³/mol. The molecule has 0 saturated heterocycles. The average Bonchev–Trinajstić information content (AvgIpc) is 2.66. The molecule has 0 spiro atoms. The number of rotatable bonds is 8. The van der Waals surface area contributed by atoms with Gasteiger partial charge in [0.15, 0.2) is 5.96 Å². The van der Waals surface area contributed by atoms with E-state index in [9.17, 15) is 4.39 Å². The van der Waals surface area contributed by atoms with Crippen LogP contribution in [0.25, 0.3) is 0 Å². The summed E-state index contributed by atoms with van der Waals surface area (Å²) >= 11 is 0. The molecule has 2 rings (SSSR count). The first-order valence-corrected chi connectivity index (χ1v) is 8.57. The first kappa shape index (κ1) is 23.2. The van der Waals surface area contributed by atoms with Gasteiger partial charge in [0.25, 0.3) is 0 Å². The molecular formula is C20H27FIN3O2. The third kappa shape index (κ3) is 7.72. The van der Waals surface area contributed by atoms with Crippen LogP contribution >= 0.6 is 24.0 Å². The van der Waals surface area contributed by atoms with E-state index in [1.807, 2.05) is 31.2 Å². The summed E-state index contributed by atoms with van der Waals surface area (Å²) in [5, 5.41) is 6.48. The van der Waals surface area contributed by atoms with Gasteiger partial charge in [-0.25, -0.2) is 9.38 Å². The maximum absolute atomic E-state index is 13.7. The minimum atomic E-state index is -0.255. The molecule has 0 unspecified atom stereocenters. The zero-order valence-corrected chi connectivity index (χ0v) is 18.3. The van der Waals surface area contributed by atoms with Gasteiger partial charge in [0.2, 0.25) is 0 Å². The quantitative estimate of drug-likeness (QED) is 0.338. The Balaban J connectivity index is 0.00000364. The molecule has 0 saturated carbocycles. The first-order chi connectivity index (χ1) is 12.7. The van der Waals surface area contributed by atoms with Crippen LogP contribution in [0, 0.1) is 5.82 Å². The molecule has 0 aromatic heterocycles. The van der Waals surface area contributed by atoms with Gasteiger partial charge >= 0.3 is 0 Å². The fourth-order valence-corrected chi connectivity index (χ4v) is 2.47. The number of nitrogens with zero attached hydrogens (tertiary/aromatic N) is 1. The van der Waals surface area contributed by atoms with Gasteiger partial charge in [0, 0.05) is 25.8 Å². The highest BCUT2D eigenvalue weighted by atomic mass is 127. The molecule has 0 aliphatic carbocycles. The van der Waals surface area contributed by atoms with Gasteiger partial charge in [-0.05, 0) is 42.3 Å². The number of hydrogen-bond donors (Lipinski definition) is 2.